The van der Waals surface area contributed by atoms with Crippen molar-refractivity contribution in [2.75, 3.05) is 6.61 Å². The summed E-state index contributed by atoms with van der Waals surface area (Å²) in [7, 11) is 0. The lowest BCUT2D eigenvalue weighted by atomic mass is 9.72. The first kappa shape index (κ1) is 13.1. The van der Waals surface area contributed by atoms with Crippen molar-refractivity contribution in [1.29, 1.82) is 0 Å². The molecule has 2 aliphatic carbocycles. The zero-order valence-corrected chi connectivity index (χ0v) is 11.3. The minimum absolute atomic E-state index is 0.248. The van der Waals surface area contributed by atoms with Gasteiger partial charge in [0.15, 0.2) is 0 Å². The highest BCUT2D eigenvalue weighted by molar-refractivity contribution is 5.16. The number of rotatable bonds is 2. The lowest BCUT2D eigenvalue weighted by Gasteiger charge is -2.33. The van der Waals surface area contributed by atoms with Crippen molar-refractivity contribution in [1.82, 2.24) is 0 Å². The highest BCUT2D eigenvalue weighted by Gasteiger charge is 2.46. The summed E-state index contributed by atoms with van der Waals surface area (Å²) in [6.45, 7) is 6.85. The Labute approximate surface area is 105 Å². The molecule has 0 amide bonds. The Hall–Kier alpha value is -0.340. The predicted octanol–water partition coefficient (Wildman–Crippen LogP) is 2.75. The van der Waals surface area contributed by atoms with Crippen LogP contribution in [0.1, 0.15) is 46.5 Å². The fourth-order valence-corrected chi connectivity index (χ4v) is 3.84. The van der Waals surface area contributed by atoms with Gasteiger partial charge in [0, 0.05) is 6.61 Å². The lowest BCUT2D eigenvalue weighted by Crippen LogP contribution is -2.27. The molecule has 0 aromatic heterocycles. The second-order valence-corrected chi connectivity index (χ2v) is 6.51. The van der Waals surface area contributed by atoms with Gasteiger partial charge in [0.2, 0.25) is 0 Å². The third-order valence-corrected chi connectivity index (χ3v) is 5.29. The van der Waals surface area contributed by atoms with E-state index in [9.17, 15) is 10.2 Å². The fourth-order valence-electron chi connectivity index (χ4n) is 3.84. The van der Waals surface area contributed by atoms with Crippen molar-refractivity contribution >= 4 is 0 Å². The van der Waals surface area contributed by atoms with Gasteiger partial charge in [0.1, 0.15) is 0 Å². The molecule has 0 heterocycles. The van der Waals surface area contributed by atoms with Gasteiger partial charge in [0.05, 0.1) is 6.10 Å². The molecule has 0 aromatic carbocycles. The van der Waals surface area contributed by atoms with E-state index in [1.165, 1.54) is 12.8 Å². The summed E-state index contributed by atoms with van der Waals surface area (Å²) < 4.78 is 0. The maximum Gasteiger partial charge on any atom is 0.0747 e. The molecule has 2 nitrogen and oxygen atoms in total. The number of hydrogen-bond donors (Lipinski definition) is 2. The molecule has 0 aliphatic heterocycles. The summed E-state index contributed by atoms with van der Waals surface area (Å²) in [5.41, 5.74) is 1.48. The average Bonchev–Trinajstić information content (AvgIpc) is 2.58. The second kappa shape index (κ2) is 4.74. The number of allylic oxidation sites excluding steroid dienone is 1. The highest BCUT2D eigenvalue weighted by atomic mass is 16.3. The molecule has 0 aromatic rings. The molecule has 5 atom stereocenters. The Morgan fingerprint density at radius 2 is 2.06 bits per heavy atom. The predicted molar refractivity (Wildman–Crippen MR) is 69.6 cm³/mol. The second-order valence-electron chi connectivity index (χ2n) is 6.51. The molecule has 2 rings (SSSR count). The highest BCUT2D eigenvalue weighted by Crippen LogP contribution is 2.54. The molecule has 0 radical (unpaired) electrons. The molecule has 1 unspecified atom stereocenters. The van der Waals surface area contributed by atoms with Crippen LogP contribution in [-0.2, 0) is 0 Å². The smallest absolute Gasteiger partial charge is 0.0747 e. The Balaban J connectivity index is 2.27. The van der Waals surface area contributed by atoms with Crippen LogP contribution in [0.25, 0.3) is 0 Å². The largest absolute Gasteiger partial charge is 0.396 e. The SMILES string of the molecule is CC1=C[C@@H]2[C@H]([C@H](C)CO)CC[C@@]2(C)CCC1O. The zero-order valence-electron chi connectivity index (χ0n) is 11.3. The van der Waals surface area contributed by atoms with E-state index in [0.717, 1.165) is 18.4 Å². The van der Waals surface area contributed by atoms with E-state index in [1.807, 2.05) is 0 Å². The molecule has 98 valence electrons. The molecule has 2 heteroatoms. The molecule has 2 N–H and O–H groups in total. The van der Waals surface area contributed by atoms with Gasteiger partial charge >= 0.3 is 0 Å². The quantitative estimate of drug-likeness (QED) is 0.726. The minimum atomic E-state index is -0.248. The normalized spacial score (nSPS) is 43.8. The van der Waals surface area contributed by atoms with Crippen molar-refractivity contribution in [3.8, 4) is 0 Å². The van der Waals surface area contributed by atoms with Gasteiger partial charge in [-0.3, -0.25) is 0 Å². The summed E-state index contributed by atoms with van der Waals surface area (Å²) in [6, 6.07) is 0. The van der Waals surface area contributed by atoms with Crippen molar-refractivity contribution in [3.05, 3.63) is 11.6 Å². The molecule has 0 bridgehead atoms. The maximum absolute atomic E-state index is 9.99. The van der Waals surface area contributed by atoms with E-state index in [0.29, 0.717) is 23.2 Å². The molecule has 2 aliphatic rings. The van der Waals surface area contributed by atoms with Crippen molar-refractivity contribution < 1.29 is 10.2 Å². The standard InChI is InChI=1S/C15H26O2/c1-10-8-13-12(11(2)9-16)4-6-15(13,3)7-5-14(10)17/h8,11-14,16-17H,4-7,9H2,1-3H3/t11-,12+,13-,14?,15+/m1/s1. The van der Waals surface area contributed by atoms with Crippen LogP contribution in [0.15, 0.2) is 11.6 Å². The number of aliphatic hydroxyl groups excluding tert-OH is 2. The molecule has 0 spiro atoms. The van der Waals surface area contributed by atoms with Crippen molar-refractivity contribution in [2.45, 2.75) is 52.6 Å². The van der Waals surface area contributed by atoms with Gasteiger partial charge in [-0.05, 0) is 61.3 Å². The number of fused-ring (bicyclic) bond motifs is 1. The topological polar surface area (TPSA) is 40.5 Å². The van der Waals surface area contributed by atoms with Crippen LogP contribution in [0.3, 0.4) is 0 Å². The number of hydrogen-bond acceptors (Lipinski definition) is 2. The van der Waals surface area contributed by atoms with E-state index in [1.54, 1.807) is 0 Å². The third kappa shape index (κ3) is 2.30. The van der Waals surface area contributed by atoms with Gasteiger partial charge in [-0.1, -0.05) is 19.9 Å². The van der Waals surface area contributed by atoms with Crippen molar-refractivity contribution in [3.63, 3.8) is 0 Å². The molecular formula is C15H26O2. The molecule has 1 saturated carbocycles. The third-order valence-electron chi connectivity index (χ3n) is 5.29. The molecular weight excluding hydrogens is 212 g/mol. The van der Waals surface area contributed by atoms with Gasteiger partial charge in [-0.15, -0.1) is 0 Å². The van der Waals surface area contributed by atoms with Crippen LogP contribution in [0.5, 0.6) is 0 Å². The summed E-state index contributed by atoms with van der Waals surface area (Å²) >= 11 is 0. The Morgan fingerprint density at radius 3 is 2.71 bits per heavy atom. The molecule has 17 heavy (non-hydrogen) atoms. The van der Waals surface area contributed by atoms with Crippen LogP contribution in [0.2, 0.25) is 0 Å². The van der Waals surface area contributed by atoms with Crippen LogP contribution < -0.4 is 0 Å². The summed E-state index contributed by atoms with van der Waals surface area (Å²) in [6.07, 6.45) is 6.53. The summed E-state index contributed by atoms with van der Waals surface area (Å²) in [5, 5.41) is 19.4. The van der Waals surface area contributed by atoms with E-state index < -0.39 is 0 Å². The zero-order chi connectivity index (χ0) is 12.6. The summed E-state index contributed by atoms with van der Waals surface area (Å²) in [4.78, 5) is 0. The monoisotopic (exact) mass is 238 g/mol. The molecule has 1 fully saturated rings. The van der Waals surface area contributed by atoms with Crippen LogP contribution in [0.4, 0.5) is 0 Å². The van der Waals surface area contributed by atoms with Gasteiger partial charge in [0.25, 0.3) is 0 Å². The first-order valence-electron chi connectivity index (χ1n) is 6.95. The Morgan fingerprint density at radius 1 is 1.41 bits per heavy atom. The van der Waals surface area contributed by atoms with Crippen LogP contribution in [0, 0.1) is 23.2 Å². The van der Waals surface area contributed by atoms with Gasteiger partial charge < -0.3 is 10.2 Å². The van der Waals surface area contributed by atoms with Crippen LogP contribution in [-0.4, -0.2) is 22.9 Å². The van der Waals surface area contributed by atoms with Crippen molar-refractivity contribution in [2.24, 2.45) is 23.2 Å². The van der Waals surface area contributed by atoms with Gasteiger partial charge in [-0.25, -0.2) is 0 Å². The fraction of sp³-hybridized carbons (Fsp3) is 0.867. The van der Waals surface area contributed by atoms with E-state index in [4.69, 9.17) is 0 Å². The minimum Gasteiger partial charge on any atom is -0.396 e. The van der Waals surface area contributed by atoms with E-state index >= 15 is 0 Å². The lowest BCUT2D eigenvalue weighted by molar-refractivity contribution is 0.135. The molecule has 0 saturated heterocycles. The Kier molecular flexibility index (Phi) is 3.65. The van der Waals surface area contributed by atoms with E-state index in [2.05, 4.69) is 26.8 Å². The number of aliphatic hydroxyl groups is 2. The maximum atomic E-state index is 9.99. The first-order chi connectivity index (χ1) is 7.98. The van der Waals surface area contributed by atoms with E-state index in [-0.39, 0.29) is 12.7 Å². The first-order valence-corrected chi connectivity index (χ1v) is 6.95. The average molecular weight is 238 g/mol. The van der Waals surface area contributed by atoms with Gasteiger partial charge in [-0.2, -0.15) is 0 Å². The Bertz CT molecular complexity index is 310. The summed E-state index contributed by atoms with van der Waals surface area (Å²) in [5.74, 6) is 1.51. The van der Waals surface area contributed by atoms with Crippen LogP contribution >= 0.6 is 0 Å².